The first kappa shape index (κ1) is 16.1. The van der Waals surface area contributed by atoms with E-state index in [0.717, 1.165) is 42.7 Å². The normalized spacial score (nSPS) is 16.6. The molecule has 1 N–H and O–H groups in total. The van der Waals surface area contributed by atoms with Gasteiger partial charge in [0.05, 0.1) is 0 Å². The first-order valence-electron chi connectivity index (χ1n) is 7.58. The van der Waals surface area contributed by atoms with Gasteiger partial charge in [-0.3, -0.25) is 4.90 Å². The lowest BCUT2D eigenvalue weighted by Gasteiger charge is -2.23. The topological polar surface area (TPSA) is 15.3 Å². The Kier molecular flexibility index (Phi) is 6.16. The molecule has 0 radical (unpaired) electrons. The lowest BCUT2D eigenvalue weighted by atomic mass is 10.0. The van der Waals surface area contributed by atoms with Crippen LogP contribution in [-0.2, 0) is 0 Å². The van der Waals surface area contributed by atoms with E-state index in [1.54, 1.807) is 0 Å². The van der Waals surface area contributed by atoms with E-state index in [-0.39, 0.29) is 0 Å². The Labute approximate surface area is 132 Å². The maximum Gasteiger partial charge on any atom is 0.0468 e. The third-order valence-corrected chi connectivity index (χ3v) is 4.57. The number of halogens is 2. The molecule has 0 bridgehead atoms. The first-order chi connectivity index (χ1) is 9.65. The van der Waals surface area contributed by atoms with Crippen molar-refractivity contribution in [3.05, 3.63) is 33.8 Å². The highest BCUT2D eigenvalue weighted by Gasteiger charge is 2.27. The van der Waals surface area contributed by atoms with Crippen LogP contribution in [-0.4, -0.2) is 30.6 Å². The zero-order chi connectivity index (χ0) is 14.5. The van der Waals surface area contributed by atoms with Crippen LogP contribution >= 0.6 is 23.2 Å². The Hall–Kier alpha value is -0.280. The van der Waals surface area contributed by atoms with Gasteiger partial charge in [-0.2, -0.15) is 0 Å². The van der Waals surface area contributed by atoms with Crippen molar-refractivity contribution in [3.8, 4) is 0 Å². The van der Waals surface area contributed by atoms with E-state index in [0.29, 0.717) is 11.1 Å². The minimum absolute atomic E-state index is 0.303. The van der Waals surface area contributed by atoms with Gasteiger partial charge >= 0.3 is 0 Å². The molecular formula is C16H24Cl2N2. The SMILES string of the molecule is CCC(NCCN(CC)C1CC1)c1ccc(Cl)cc1Cl. The molecule has 1 aromatic rings. The van der Waals surface area contributed by atoms with Gasteiger partial charge in [0, 0.05) is 35.2 Å². The van der Waals surface area contributed by atoms with E-state index >= 15 is 0 Å². The highest BCUT2D eigenvalue weighted by molar-refractivity contribution is 6.35. The van der Waals surface area contributed by atoms with Crippen molar-refractivity contribution >= 4 is 23.2 Å². The largest absolute Gasteiger partial charge is 0.309 e. The summed E-state index contributed by atoms with van der Waals surface area (Å²) < 4.78 is 0. The van der Waals surface area contributed by atoms with E-state index in [4.69, 9.17) is 23.2 Å². The fourth-order valence-corrected chi connectivity index (χ4v) is 3.22. The molecule has 2 rings (SSSR count). The number of likely N-dealkylation sites (N-methyl/N-ethyl adjacent to an activating group) is 1. The van der Waals surface area contributed by atoms with Crippen LogP contribution in [0.2, 0.25) is 10.0 Å². The molecule has 1 aromatic carbocycles. The summed E-state index contributed by atoms with van der Waals surface area (Å²) >= 11 is 12.3. The van der Waals surface area contributed by atoms with Crippen LogP contribution in [0.1, 0.15) is 44.7 Å². The van der Waals surface area contributed by atoms with Crippen LogP contribution in [0.3, 0.4) is 0 Å². The lowest BCUT2D eigenvalue weighted by Crippen LogP contribution is -2.35. The van der Waals surface area contributed by atoms with Gasteiger partial charge in [0.1, 0.15) is 0 Å². The third-order valence-electron chi connectivity index (χ3n) is 4.01. The van der Waals surface area contributed by atoms with E-state index in [1.165, 1.54) is 12.8 Å². The molecule has 0 spiro atoms. The molecule has 1 aliphatic rings. The Bertz CT molecular complexity index is 432. The van der Waals surface area contributed by atoms with Crippen LogP contribution in [0.15, 0.2) is 18.2 Å². The van der Waals surface area contributed by atoms with Crippen molar-refractivity contribution in [2.24, 2.45) is 0 Å². The predicted molar refractivity (Wildman–Crippen MR) is 87.8 cm³/mol. The predicted octanol–water partition coefficient (Wildman–Crippen LogP) is 4.52. The second kappa shape index (κ2) is 7.65. The van der Waals surface area contributed by atoms with E-state index in [9.17, 15) is 0 Å². The van der Waals surface area contributed by atoms with Crippen molar-refractivity contribution in [3.63, 3.8) is 0 Å². The van der Waals surface area contributed by atoms with Gasteiger partial charge < -0.3 is 5.32 Å². The number of hydrogen-bond donors (Lipinski definition) is 1. The summed E-state index contributed by atoms with van der Waals surface area (Å²) in [6, 6.07) is 6.91. The second-order valence-corrected chi connectivity index (χ2v) is 6.28. The van der Waals surface area contributed by atoms with Crippen LogP contribution in [0, 0.1) is 0 Å². The average molecular weight is 315 g/mol. The maximum absolute atomic E-state index is 6.30. The molecule has 0 saturated heterocycles. The molecule has 0 heterocycles. The van der Waals surface area contributed by atoms with Crippen LogP contribution < -0.4 is 5.32 Å². The molecule has 0 aromatic heterocycles. The first-order valence-corrected chi connectivity index (χ1v) is 8.33. The van der Waals surface area contributed by atoms with Gasteiger partial charge in [-0.15, -0.1) is 0 Å². The summed E-state index contributed by atoms with van der Waals surface area (Å²) in [7, 11) is 0. The molecule has 2 nitrogen and oxygen atoms in total. The third kappa shape index (κ3) is 4.36. The van der Waals surface area contributed by atoms with Gasteiger partial charge in [-0.05, 0) is 43.5 Å². The number of rotatable bonds is 8. The Morgan fingerprint density at radius 1 is 1.30 bits per heavy atom. The molecule has 1 aliphatic carbocycles. The molecule has 0 aliphatic heterocycles. The molecule has 0 amide bonds. The molecule has 1 fully saturated rings. The zero-order valence-corrected chi connectivity index (χ0v) is 13.8. The van der Waals surface area contributed by atoms with Crippen molar-refractivity contribution < 1.29 is 0 Å². The zero-order valence-electron chi connectivity index (χ0n) is 12.3. The average Bonchev–Trinajstić information content (AvgIpc) is 3.25. The standard InChI is InChI=1S/C16H24Cl2N2/c1-3-16(14-8-5-12(17)11-15(14)18)19-9-10-20(4-2)13-6-7-13/h5,8,11,13,16,19H,3-4,6-7,9-10H2,1-2H3. The van der Waals surface area contributed by atoms with Crippen molar-refractivity contribution in [1.29, 1.82) is 0 Å². The van der Waals surface area contributed by atoms with Crippen LogP contribution in [0.5, 0.6) is 0 Å². The lowest BCUT2D eigenvalue weighted by molar-refractivity contribution is 0.271. The smallest absolute Gasteiger partial charge is 0.0468 e. The summed E-state index contributed by atoms with van der Waals surface area (Å²) in [6.45, 7) is 7.68. The summed E-state index contributed by atoms with van der Waals surface area (Å²) in [4.78, 5) is 2.56. The fraction of sp³-hybridized carbons (Fsp3) is 0.625. The van der Waals surface area contributed by atoms with E-state index in [2.05, 4.69) is 24.1 Å². The second-order valence-electron chi connectivity index (χ2n) is 5.44. The number of nitrogens with zero attached hydrogens (tertiary/aromatic N) is 1. The van der Waals surface area contributed by atoms with Gasteiger partial charge in [0.25, 0.3) is 0 Å². The van der Waals surface area contributed by atoms with Crippen molar-refractivity contribution in [2.75, 3.05) is 19.6 Å². The molecular weight excluding hydrogens is 291 g/mol. The summed E-state index contributed by atoms with van der Waals surface area (Å²) in [5.41, 5.74) is 1.15. The molecule has 1 saturated carbocycles. The minimum atomic E-state index is 0.303. The van der Waals surface area contributed by atoms with Crippen molar-refractivity contribution in [1.82, 2.24) is 10.2 Å². The van der Waals surface area contributed by atoms with Gasteiger partial charge in [0.2, 0.25) is 0 Å². The van der Waals surface area contributed by atoms with Crippen LogP contribution in [0.4, 0.5) is 0 Å². The van der Waals surface area contributed by atoms with E-state index in [1.807, 2.05) is 18.2 Å². The summed E-state index contributed by atoms with van der Waals surface area (Å²) in [5.74, 6) is 0. The Morgan fingerprint density at radius 2 is 2.05 bits per heavy atom. The monoisotopic (exact) mass is 314 g/mol. The quantitative estimate of drug-likeness (QED) is 0.759. The minimum Gasteiger partial charge on any atom is -0.309 e. The molecule has 20 heavy (non-hydrogen) atoms. The summed E-state index contributed by atoms with van der Waals surface area (Å²) in [5, 5.41) is 5.07. The Balaban J connectivity index is 1.88. The Morgan fingerprint density at radius 3 is 2.60 bits per heavy atom. The number of benzene rings is 1. The van der Waals surface area contributed by atoms with Crippen molar-refractivity contribution in [2.45, 2.75) is 45.2 Å². The highest BCUT2D eigenvalue weighted by atomic mass is 35.5. The number of hydrogen-bond acceptors (Lipinski definition) is 2. The fourth-order valence-electron chi connectivity index (χ4n) is 2.68. The van der Waals surface area contributed by atoms with Crippen LogP contribution in [0.25, 0.3) is 0 Å². The maximum atomic E-state index is 6.30. The highest BCUT2D eigenvalue weighted by Crippen LogP contribution is 2.28. The summed E-state index contributed by atoms with van der Waals surface area (Å²) in [6.07, 6.45) is 3.76. The molecule has 4 heteroatoms. The molecule has 1 atom stereocenters. The molecule has 112 valence electrons. The van der Waals surface area contributed by atoms with Gasteiger partial charge in [0.15, 0.2) is 0 Å². The van der Waals surface area contributed by atoms with Gasteiger partial charge in [-0.25, -0.2) is 0 Å². The van der Waals surface area contributed by atoms with Gasteiger partial charge in [-0.1, -0.05) is 43.1 Å². The number of nitrogens with one attached hydrogen (secondary N) is 1. The molecule has 1 unspecified atom stereocenters. The van der Waals surface area contributed by atoms with E-state index < -0.39 is 0 Å².